The average Bonchev–Trinajstić information content (AvgIpc) is 2.17. The molecule has 7 heteroatoms. The maximum absolute atomic E-state index is 13.3. The van der Waals surface area contributed by atoms with Gasteiger partial charge in [0.2, 0.25) is 0 Å². The number of carboxylic acid groups (broad SMARTS) is 1. The van der Waals surface area contributed by atoms with Gasteiger partial charge in [0.15, 0.2) is 5.60 Å². The van der Waals surface area contributed by atoms with Crippen molar-refractivity contribution in [3.63, 3.8) is 0 Å². The molecule has 1 unspecified atom stereocenters. The number of hydrogen-bond donors (Lipinski definition) is 2. The lowest BCUT2D eigenvalue weighted by molar-refractivity contribution is -0.208. The van der Waals surface area contributed by atoms with Crippen LogP contribution in [-0.4, -0.2) is 32.1 Å². The third kappa shape index (κ3) is 1.73. The Morgan fingerprint density at radius 2 is 1.88 bits per heavy atom. The fraction of sp³-hybridized carbons (Fsp3) is 0.444. The van der Waals surface area contributed by atoms with Crippen LogP contribution in [0.15, 0.2) is 12.4 Å². The first kappa shape index (κ1) is 12.4. The molecule has 0 amide bonds. The van der Waals surface area contributed by atoms with Crippen molar-refractivity contribution in [3.8, 4) is 0 Å². The second kappa shape index (κ2) is 3.75. The zero-order chi connectivity index (χ0) is 12.6. The van der Waals surface area contributed by atoms with E-state index in [1.807, 2.05) is 0 Å². The maximum Gasteiger partial charge on any atom is 0.378 e. The molecule has 0 bridgehead atoms. The lowest BCUT2D eigenvalue weighted by atomic mass is 9.92. The van der Waals surface area contributed by atoms with Crippen molar-refractivity contribution in [3.05, 3.63) is 23.8 Å². The second-order valence-electron chi connectivity index (χ2n) is 3.44. The maximum atomic E-state index is 13.3. The Morgan fingerprint density at radius 3 is 2.31 bits per heavy atom. The normalized spacial score (nSPS) is 15.6. The third-order valence-electron chi connectivity index (χ3n) is 2.22. The minimum absolute atomic E-state index is 0.0495. The van der Waals surface area contributed by atoms with E-state index in [-0.39, 0.29) is 5.69 Å². The Morgan fingerprint density at radius 1 is 1.38 bits per heavy atom. The average molecular weight is 232 g/mol. The van der Waals surface area contributed by atoms with Crippen LogP contribution in [0.2, 0.25) is 0 Å². The van der Waals surface area contributed by atoms with E-state index >= 15 is 0 Å². The van der Waals surface area contributed by atoms with Crippen LogP contribution >= 0.6 is 0 Å². The van der Waals surface area contributed by atoms with Gasteiger partial charge in [-0.1, -0.05) is 0 Å². The van der Waals surface area contributed by atoms with E-state index in [0.717, 1.165) is 6.20 Å². The Balaban J connectivity index is 3.32. The smallest absolute Gasteiger partial charge is 0.378 e. The predicted octanol–water partition coefficient (Wildman–Crippen LogP) is 0.712. The first-order valence-corrected chi connectivity index (χ1v) is 4.33. The van der Waals surface area contributed by atoms with Crippen LogP contribution in [-0.2, 0) is 10.4 Å². The van der Waals surface area contributed by atoms with Crippen LogP contribution in [0, 0.1) is 6.92 Å². The van der Waals surface area contributed by atoms with Gasteiger partial charge in [0.1, 0.15) is 0 Å². The third-order valence-corrected chi connectivity index (χ3v) is 2.22. The fourth-order valence-corrected chi connectivity index (χ4v) is 1.24. The molecule has 0 radical (unpaired) electrons. The molecule has 0 saturated heterocycles. The topological polar surface area (TPSA) is 83.3 Å². The molecule has 16 heavy (non-hydrogen) atoms. The number of hydrogen-bond acceptors (Lipinski definition) is 4. The summed E-state index contributed by atoms with van der Waals surface area (Å²) in [6.45, 7) is 2.05. The van der Waals surface area contributed by atoms with E-state index in [4.69, 9.17) is 5.11 Å². The van der Waals surface area contributed by atoms with Crippen LogP contribution < -0.4 is 0 Å². The number of nitrogens with zero attached hydrogens (tertiary/aromatic N) is 2. The fourth-order valence-electron chi connectivity index (χ4n) is 1.24. The van der Waals surface area contributed by atoms with Gasteiger partial charge in [-0.05, 0) is 13.8 Å². The number of carboxylic acids is 1. The van der Waals surface area contributed by atoms with Crippen LogP contribution in [0.1, 0.15) is 18.3 Å². The van der Waals surface area contributed by atoms with Gasteiger partial charge in [0.25, 0.3) is 0 Å². The SMILES string of the molecule is Cc1nccnc1C(C)(O)C(F)(F)C(=O)O. The monoisotopic (exact) mass is 232 g/mol. The molecule has 0 aromatic carbocycles. The molecule has 0 aliphatic heterocycles. The summed E-state index contributed by atoms with van der Waals surface area (Å²) in [4.78, 5) is 17.6. The highest BCUT2D eigenvalue weighted by molar-refractivity contribution is 5.77. The predicted molar refractivity (Wildman–Crippen MR) is 48.9 cm³/mol. The van der Waals surface area contributed by atoms with E-state index in [9.17, 15) is 18.7 Å². The second-order valence-corrected chi connectivity index (χ2v) is 3.44. The van der Waals surface area contributed by atoms with Crippen molar-refractivity contribution in [1.82, 2.24) is 9.97 Å². The highest BCUT2D eigenvalue weighted by Gasteiger charge is 2.58. The van der Waals surface area contributed by atoms with Crippen LogP contribution in [0.4, 0.5) is 8.78 Å². The summed E-state index contributed by atoms with van der Waals surface area (Å²) >= 11 is 0. The summed E-state index contributed by atoms with van der Waals surface area (Å²) in [7, 11) is 0. The molecule has 0 aliphatic carbocycles. The lowest BCUT2D eigenvalue weighted by Gasteiger charge is -2.29. The van der Waals surface area contributed by atoms with Crippen LogP contribution in [0.3, 0.4) is 0 Å². The zero-order valence-corrected chi connectivity index (χ0v) is 8.61. The highest BCUT2D eigenvalue weighted by atomic mass is 19.3. The first-order valence-electron chi connectivity index (χ1n) is 4.33. The van der Waals surface area contributed by atoms with Crippen molar-refractivity contribution in [1.29, 1.82) is 0 Å². The molecular formula is C9H10F2N2O3. The van der Waals surface area contributed by atoms with Gasteiger partial charge in [-0.3, -0.25) is 9.97 Å². The van der Waals surface area contributed by atoms with Crippen LogP contribution in [0.5, 0.6) is 0 Å². The molecule has 88 valence electrons. The van der Waals surface area contributed by atoms with Crippen molar-refractivity contribution in [2.24, 2.45) is 0 Å². The molecular weight excluding hydrogens is 222 g/mol. The number of carbonyl (C=O) groups is 1. The molecule has 1 aromatic rings. The Kier molecular flexibility index (Phi) is 2.91. The van der Waals surface area contributed by atoms with Gasteiger partial charge in [0, 0.05) is 12.4 Å². The molecule has 0 fully saturated rings. The minimum atomic E-state index is -4.34. The number of halogens is 2. The number of rotatable bonds is 3. The van der Waals surface area contributed by atoms with E-state index in [1.54, 1.807) is 0 Å². The standard InChI is InChI=1S/C9H10F2N2O3/c1-5-6(13-4-3-12-5)8(2,16)9(10,11)7(14)15/h3-4,16H,1-2H3,(H,14,15). The van der Waals surface area contributed by atoms with Gasteiger partial charge in [0.05, 0.1) is 11.4 Å². The highest BCUT2D eigenvalue weighted by Crippen LogP contribution is 2.37. The van der Waals surface area contributed by atoms with Crippen molar-refractivity contribution in [2.45, 2.75) is 25.4 Å². The molecule has 5 nitrogen and oxygen atoms in total. The van der Waals surface area contributed by atoms with Gasteiger partial charge < -0.3 is 10.2 Å². The van der Waals surface area contributed by atoms with Gasteiger partial charge in [-0.2, -0.15) is 8.78 Å². The molecule has 1 rings (SSSR count). The van der Waals surface area contributed by atoms with Crippen LogP contribution in [0.25, 0.3) is 0 Å². The van der Waals surface area contributed by atoms with E-state index in [1.165, 1.54) is 13.1 Å². The molecule has 1 atom stereocenters. The van der Waals surface area contributed by atoms with E-state index in [0.29, 0.717) is 6.92 Å². The molecule has 1 heterocycles. The van der Waals surface area contributed by atoms with Gasteiger partial charge >= 0.3 is 11.9 Å². The number of aryl methyl sites for hydroxylation is 1. The first-order chi connectivity index (χ1) is 7.21. The van der Waals surface area contributed by atoms with Gasteiger partial charge in [-0.15, -0.1) is 0 Å². The van der Waals surface area contributed by atoms with E-state index < -0.39 is 23.2 Å². The molecule has 1 aromatic heterocycles. The number of alkyl halides is 2. The summed E-state index contributed by atoms with van der Waals surface area (Å²) < 4.78 is 26.5. The number of aliphatic hydroxyl groups is 1. The molecule has 0 spiro atoms. The molecule has 0 aliphatic rings. The quantitative estimate of drug-likeness (QED) is 0.801. The summed E-state index contributed by atoms with van der Waals surface area (Å²) in [5.41, 5.74) is -3.31. The zero-order valence-electron chi connectivity index (χ0n) is 8.61. The Bertz CT molecular complexity index is 421. The summed E-state index contributed by atoms with van der Waals surface area (Å²) in [5, 5.41) is 18.0. The minimum Gasteiger partial charge on any atom is -0.477 e. The number of aromatic nitrogens is 2. The van der Waals surface area contributed by atoms with Gasteiger partial charge in [-0.25, -0.2) is 4.79 Å². The Hall–Kier alpha value is -1.63. The van der Waals surface area contributed by atoms with Crippen molar-refractivity contribution >= 4 is 5.97 Å². The van der Waals surface area contributed by atoms with Crippen molar-refractivity contribution < 1.29 is 23.8 Å². The summed E-state index contributed by atoms with van der Waals surface area (Å²) in [5.74, 6) is -6.75. The van der Waals surface area contributed by atoms with Crippen molar-refractivity contribution in [2.75, 3.05) is 0 Å². The Labute approximate surface area is 89.8 Å². The summed E-state index contributed by atoms with van der Waals surface area (Å²) in [6, 6.07) is 0. The molecule has 0 saturated carbocycles. The summed E-state index contributed by atoms with van der Waals surface area (Å²) in [6.07, 6.45) is 2.36. The number of aliphatic carboxylic acids is 1. The molecule has 2 N–H and O–H groups in total. The lowest BCUT2D eigenvalue weighted by Crippen LogP contribution is -2.49. The van der Waals surface area contributed by atoms with E-state index in [2.05, 4.69) is 9.97 Å². The largest absolute Gasteiger partial charge is 0.477 e.